The molecule has 4 rings (SSSR count). The quantitative estimate of drug-likeness (QED) is 0.421. The van der Waals surface area contributed by atoms with Gasteiger partial charge in [0.15, 0.2) is 5.78 Å². The van der Waals surface area contributed by atoms with Crippen molar-refractivity contribution in [1.82, 2.24) is 9.47 Å². The molecule has 1 fully saturated rings. The molecule has 5 heteroatoms. The second-order valence-corrected chi connectivity index (χ2v) is 7.21. The Morgan fingerprint density at radius 1 is 0.967 bits per heavy atom. The molecule has 0 unspecified atom stereocenters. The van der Waals surface area contributed by atoms with Crippen molar-refractivity contribution >= 4 is 11.9 Å². The van der Waals surface area contributed by atoms with Gasteiger partial charge in [-0.1, -0.05) is 18.2 Å². The Balaban J connectivity index is 1.27. The van der Waals surface area contributed by atoms with Crippen LogP contribution >= 0.6 is 0 Å². The van der Waals surface area contributed by atoms with Crippen molar-refractivity contribution < 1.29 is 14.3 Å². The average molecular weight is 402 g/mol. The van der Waals surface area contributed by atoms with Crippen molar-refractivity contribution in [2.24, 2.45) is 0 Å². The summed E-state index contributed by atoms with van der Waals surface area (Å²) >= 11 is 0. The number of rotatable bonds is 8. The van der Waals surface area contributed by atoms with Crippen LogP contribution in [0.15, 0.2) is 79.1 Å². The third kappa shape index (κ3) is 5.47. The number of benzene rings is 2. The zero-order valence-electron chi connectivity index (χ0n) is 16.9. The van der Waals surface area contributed by atoms with Crippen LogP contribution in [0.2, 0.25) is 0 Å². The van der Waals surface area contributed by atoms with Gasteiger partial charge in [0.2, 0.25) is 0 Å². The fraction of sp³-hybridized carbons (Fsp3) is 0.240. The van der Waals surface area contributed by atoms with Gasteiger partial charge >= 0.3 is 0 Å². The summed E-state index contributed by atoms with van der Waals surface area (Å²) in [6.07, 6.45) is 7.40. The molecule has 154 valence electrons. The molecule has 0 N–H and O–H groups in total. The van der Waals surface area contributed by atoms with Crippen molar-refractivity contribution in [3.63, 3.8) is 0 Å². The maximum absolute atomic E-state index is 12.4. The van der Waals surface area contributed by atoms with Gasteiger partial charge in [-0.2, -0.15) is 0 Å². The van der Waals surface area contributed by atoms with Crippen LogP contribution in [0.4, 0.5) is 0 Å². The van der Waals surface area contributed by atoms with E-state index < -0.39 is 0 Å². The fourth-order valence-corrected chi connectivity index (χ4v) is 3.37. The van der Waals surface area contributed by atoms with E-state index in [0.29, 0.717) is 12.2 Å². The highest BCUT2D eigenvalue weighted by molar-refractivity contribution is 6.06. The Hall–Kier alpha value is -3.15. The van der Waals surface area contributed by atoms with Crippen LogP contribution in [0.5, 0.6) is 5.75 Å². The predicted molar refractivity (Wildman–Crippen MR) is 118 cm³/mol. The monoisotopic (exact) mass is 402 g/mol. The van der Waals surface area contributed by atoms with Crippen molar-refractivity contribution in [2.75, 3.05) is 39.5 Å². The molecule has 1 aliphatic rings. The molecule has 0 atom stereocenters. The van der Waals surface area contributed by atoms with Crippen LogP contribution < -0.4 is 4.74 Å². The van der Waals surface area contributed by atoms with Crippen LogP contribution in [-0.2, 0) is 4.74 Å². The van der Waals surface area contributed by atoms with Crippen LogP contribution in [-0.4, -0.2) is 54.7 Å². The van der Waals surface area contributed by atoms with E-state index in [1.807, 2.05) is 83.7 Å². The van der Waals surface area contributed by atoms with Crippen molar-refractivity contribution in [2.45, 2.75) is 0 Å². The van der Waals surface area contributed by atoms with E-state index in [0.717, 1.165) is 49.8 Å². The van der Waals surface area contributed by atoms with Gasteiger partial charge in [0.25, 0.3) is 0 Å². The standard InChI is InChI=1S/C25H26N2O3/c28-25(22-6-8-23(9-7-22)27-13-1-2-14-27)12-5-21-3-10-24(11-4-21)30-20-17-26-15-18-29-19-16-26/h1-14H,15-20H2/b12-5+. The molecular weight excluding hydrogens is 376 g/mol. The van der Waals surface area contributed by atoms with Gasteiger partial charge in [-0.3, -0.25) is 9.69 Å². The topological polar surface area (TPSA) is 43.7 Å². The van der Waals surface area contributed by atoms with Crippen LogP contribution in [0.1, 0.15) is 15.9 Å². The fourth-order valence-electron chi connectivity index (χ4n) is 3.37. The molecule has 1 aliphatic heterocycles. The van der Waals surface area contributed by atoms with E-state index >= 15 is 0 Å². The lowest BCUT2D eigenvalue weighted by Gasteiger charge is -2.26. The summed E-state index contributed by atoms with van der Waals surface area (Å²) < 4.78 is 13.2. The summed E-state index contributed by atoms with van der Waals surface area (Å²) in [5.74, 6) is 0.826. The zero-order valence-corrected chi connectivity index (χ0v) is 16.9. The zero-order chi connectivity index (χ0) is 20.6. The van der Waals surface area contributed by atoms with E-state index in [1.165, 1.54) is 0 Å². The maximum Gasteiger partial charge on any atom is 0.185 e. The molecule has 0 radical (unpaired) electrons. The van der Waals surface area contributed by atoms with Gasteiger partial charge in [0, 0.05) is 43.3 Å². The molecule has 2 aromatic carbocycles. The Labute approximate surface area is 177 Å². The number of hydrogen-bond acceptors (Lipinski definition) is 4. The van der Waals surface area contributed by atoms with Gasteiger partial charge in [0.1, 0.15) is 12.4 Å². The molecule has 3 aromatic rings. The third-order valence-corrected chi connectivity index (χ3v) is 5.14. The number of ether oxygens (including phenoxy) is 2. The number of aromatic nitrogens is 1. The number of ketones is 1. The van der Waals surface area contributed by atoms with E-state index in [9.17, 15) is 4.79 Å². The number of morpholine rings is 1. The summed E-state index contributed by atoms with van der Waals surface area (Å²) in [4.78, 5) is 14.8. The van der Waals surface area contributed by atoms with Crippen molar-refractivity contribution in [3.8, 4) is 11.4 Å². The molecule has 5 nitrogen and oxygen atoms in total. The van der Waals surface area contributed by atoms with Crippen molar-refractivity contribution in [3.05, 3.63) is 90.3 Å². The van der Waals surface area contributed by atoms with Gasteiger partial charge in [-0.15, -0.1) is 0 Å². The summed E-state index contributed by atoms with van der Waals surface area (Å²) in [6.45, 7) is 5.11. The van der Waals surface area contributed by atoms with E-state index in [-0.39, 0.29) is 5.78 Å². The number of carbonyl (C=O) groups is 1. The minimum absolute atomic E-state index is 0.0140. The third-order valence-electron chi connectivity index (χ3n) is 5.14. The largest absolute Gasteiger partial charge is 0.492 e. The smallest absolute Gasteiger partial charge is 0.185 e. The summed E-state index contributed by atoms with van der Waals surface area (Å²) in [7, 11) is 0. The predicted octanol–water partition coefficient (Wildman–Crippen LogP) is 4.08. The number of carbonyl (C=O) groups excluding carboxylic acids is 1. The minimum atomic E-state index is -0.0140. The summed E-state index contributed by atoms with van der Waals surface area (Å²) in [5, 5.41) is 0. The molecule has 0 aliphatic carbocycles. The minimum Gasteiger partial charge on any atom is -0.492 e. The highest BCUT2D eigenvalue weighted by atomic mass is 16.5. The number of nitrogens with zero attached hydrogens (tertiary/aromatic N) is 2. The number of allylic oxidation sites excluding steroid dienone is 1. The molecule has 0 bridgehead atoms. The first-order valence-electron chi connectivity index (χ1n) is 10.3. The lowest BCUT2D eigenvalue weighted by atomic mass is 10.1. The van der Waals surface area contributed by atoms with E-state index in [4.69, 9.17) is 9.47 Å². The first-order chi connectivity index (χ1) is 14.8. The Morgan fingerprint density at radius 2 is 1.67 bits per heavy atom. The molecule has 2 heterocycles. The molecule has 30 heavy (non-hydrogen) atoms. The van der Waals surface area contributed by atoms with Crippen molar-refractivity contribution in [1.29, 1.82) is 0 Å². The molecule has 1 saturated heterocycles. The SMILES string of the molecule is O=C(/C=C/c1ccc(OCCN2CCOCC2)cc1)c1ccc(-n2cccc2)cc1. The first-order valence-corrected chi connectivity index (χ1v) is 10.3. The van der Waals surface area contributed by atoms with Crippen LogP contribution in [0.3, 0.4) is 0 Å². The van der Waals surface area contributed by atoms with E-state index in [2.05, 4.69) is 4.90 Å². The summed E-state index contributed by atoms with van der Waals surface area (Å²) in [5.41, 5.74) is 2.67. The molecule has 0 spiro atoms. The summed E-state index contributed by atoms with van der Waals surface area (Å²) in [6, 6.07) is 19.4. The van der Waals surface area contributed by atoms with Crippen LogP contribution in [0, 0.1) is 0 Å². The van der Waals surface area contributed by atoms with Crippen LogP contribution in [0.25, 0.3) is 11.8 Å². The lowest BCUT2D eigenvalue weighted by molar-refractivity contribution is 0.0322. The Kier molecular flexibility index (Phi) is 6.75. The second-order valence-electron chi connectivity index (χ2n) is 7.21. The Morgan fingerprint density at radius 3 is 2.37 bits per heavy atom. The van der Waals surface area contributed by atoms with Gasteiger partial charge in [-0.25, -0.2) is 0 Å². The molecule has 0 amide bonds. The molecular formula is C25H26N2O3. The first kappa shape index (κ1) is 20.1. The second kappa shape index (κ2) is 10.1. The average Bonchev–Trinajstić information content (AvgIpc) is 3.34. The highest BCUT2D eigenvalue weighted by Gasteiger charge is 2.09. The normalized spacial score (nSPS) is 14.8. The highest BCUT2D eigenvalue weighted by Crippen LogP contribution is 2.15. The van der Waals surface area contributed by atoms with Gasteiger partial charge in [0.05, 0.1) is 13.2 Å². The lowest BCUT2D eigenvalue weighted by Crippen LogP contribution is -2.38. The van der Waals surface area contributed by atoms with Gasteiger partial charge < -0.3 is 14.0 Å². The van der Waals surface area contributed by atoms with E-state index in [1.54, 1.807) is 6.08 Å². The van der Waals surface area contributed by atoms with Gasteiger partial charge in [-0.05, 0) is 60.2 Å². The maximum atomic E-state index is 12.4. The molecule has 0 saturated carbocycles. The number of hydrogen-bond donors (Lipinski definition) is 0. The Bertz CT molecular complexity index is 955. The molecule has 1 aromatic heterocycles.